The summed E-state index contributed by atoms with van der Waals surface area (Å²) in [6.07, 6.45) is 0.152. The minimum atomic E-state index is -1.15. The first-order valence-corrected chi connectivity index (χ1v) is 18.5. The van der Waals surface area contributed by atoms with E-state index in [1.165, 1.54) is 12.1 Å². The highest BCUT2D eigenvalue weighted by atomic mass is 127. The van der Waals surface area contributed by atoms with Gasteiger partial charge in [-0.05, 0) is 157 Å². The van der Waals surface area contributed by atoms with Crippen LogP contribution in [-0.2, 0) is 9.68 Å². The van der Waals surface area contributed by atoms with Crippen LogP contribution in [0.3, 0.4) is 0 Å². The number of hydroxylamine groups is 2. The third-order valence-corrected chi connectivity index (χ3v) is 8.91. The number of amides is 2. The number of aryl methyl sites for hydroxylation is 2. The molecule has 6 N–H and O–H groups in total. The molecule has 0 bridgehead atoms. The van der Waals surface area contributed by atoms with Crippen molar-refractivity contribution in [3.8, 4) is 0 Å². The lowest BCUT2D eigenvalue weighted by Crippen LogP contribution is -2.26. The zero-order valence-electron chi connectivity index (χ0n) is 29.3. The summed E-state index contributed by atoms with van der Waals surface area (Å²) < 4.78 is 58.1. The molecule has 0 aliphatic heterocycles. The van der Waals surface area contributed by atoms with Crippen molar-refractivity contribution in [3.63, 3.8) is 0 Å². The van der Waals surface area contributed by atoms with Gasteiger partial charge in [-0.3, -0.25) is 19.3 Å². The van der Waals surface area contributed by atoms with Gasteiger partial charge in [-0.2, -0.15) is 0 Å². The zero-order chi connectivity index (χ0) is 39.2. The minimum Gasteiger partial charge on any atom is -0.393 e. The van der Waals surface area contributed by atoms with Gasteiger partial charge < -0.3 is 20.8 Å². The Morgan fingerprint density at radius 1 is 0.698 bits per heavy atom. The third kappa shape index (κ3) is 13.4. The van der Waals surface area contributed by atoms with Crippen molar-refractivity contribution >= 4 is 79.7 Å². The van der Waals surface area contributed by atoms with Crippen LogP contribution in [0.15, 0.2) is 60.7 Å². The number of nitrogens with one attached hydrogen (secondary N) is 4. The number of hydrogen-bond acceptors (Lipinski definition) is 8. The topological polar surface area (TPSA) is 141 Å². The molecule has 16 heteroatoms. The molecule has 286 valence electrons. The summed E-state index contributed by atoms with van der Waals surface area (Å²) in [6.45, 7) is 7.25. The van der Waals surface area contributed by atoms with Gasteiger partial charge in [0.05, 0.1) is 47.9 Å². The molecule has 2 unspecified atom stereocenters. The van der Waals surface area contributed by atoms with E-state index >= 15 is 0 Å². The lowest BCUT2D eigenvalue weighted by molar-refractivity contribution is 0.0161. The van der Waals surface area contributed by atoms with Crippen molar-refractivity contribution in [2.75, 3.05) is 23.8 Å². The predicted octanol–water partition coefficient (Wildman–Crippen LogP) is 8.50. The second-order valence-corrected chi connectivity index (χ2v) is 14.3. The van der Waals surface area contributed by atoms with Gasteiger partial charge in [0.2, 0.25) is 0 Å². The molecule has 0 saturated carbocycles. The monoisotopic (exact) mass is 966 g/mol. The number of carbonyl (C=O) groups is 2. The largest absolute Gasteiger partial charge is 0.393 e. The lowest BCUT2D eigenvalue weighted by Gasteiger charge is -2.15. The van der Waals surface area contributed by atoms with E-state index in [9.17, 15) is 32.3 Å². The Bertz CT molecular complexity index is 1890. The number of rotatable bonds is 15. The number of hydrogen-bond donors (Lipinski definition) is 6. The van der Waals surface area contributed by atoms with Crippen LogP contribution in [-0.4, -0.2) is 47.4 Å². The molecule has 0 heterocycles. The Hall–Kier alpha value is -3.56. The van der Waals surface area contributed by atoms with Crippen molar-refractivity contribution in [1.29, 1.82) is 0 Å². The molecule has 0 spiro atoms. The number of anilines is 4. The van der Waals surface area contributed by atoms with Crippen LogP contribution in [0.1, 0.15) is 65.0 Å². The van der Waals surface area contributed by atoms with Crippen LogP contribution < -0.4 is 21.6 Å². The third-order valence-electron chi connectivity index (χ3n) is 7.57. The van der Waals surface area contributed by atoms with E-state index in [1.807, 2.05) is 45.0 Å². The predicted molar refractivity (Wildman–Crippen MR) is 211 cm³/mol. The van der Waals surface area contributed by atoms with Crippen molar-refractivity contribution < 1.29 is 47.0 Å². The van der Waals surface area contributed by atoms with E-state index in [0.29, 0.717) is 30.6 Å². The summed E-state index contributed by atoms with van der Waals surface area (Å²) in [7, 11) is 0. The smallest absolute Gasteiger partial charge is 0.277 e. The SMILES string of the molecule is CCC(O)CCONC(=O)c1ccc(F)c(F)c1Nc1ccc(I)cc1C.Cc1cc(I)ccc1Nc1c(C(=O)NOCCC(C)O)ccc(F)c1F. The molecule has 4 rings (SSSR count). The lowest BCUT2D eigenvalue weighted by atomic mass is 10.1. The Balaban J connectivity index is 0.000000286. The van der Waals surface area contributed by atoms with E-state index in [0.717, 1.165) is 30.4 Å². The fourth-order valence-corrected chi connectivity index (χ4v) is 5.79. The van der Waals surface area contributed by atoms with Gasteiger partial charge in [0, 0.05) is 18.5 Å². The maximum Gasteiger partial charge on any atom is 0.277 e. The van der Waals surface area contributed by atoms with E-state index in [-0.39, 0.29) is 35.7 Å². The first kappa shape index (κ1) is 43.8. The summed E-state index contributed by atoms with van der Waals surface area (Å²) >= 11 is 4.29. The van der Waals surface area contributed by atoms with Gasteiger partial charge in [-0.15, -0.1) is 0 Å². The molecular weight excluding hydrogens is 926 g/mol. The first-order valence-electron chi connectivity index (χ1n) is 16.4. The Kier molecular flexibility index (Phi) is 17.7. The fraction of sp³-hybridized carbons (Fsp3) is 0.297. The summed E-state index contributed by atoms with van der Waals surface area (Å²) in [5.41, 5.74) is 6.38. The van der Waals surface area contributed by atoms with Crippen LogP contribution in [0.5, 0.6) is 0 Å². The first-order chi connectivity index (χ1) is 25.1. The van der Waals surface area contributed by atoms with Crippen LogP contribution in [0.25, 0.3) is 0 Å². The molecule has 0 saturated heterocycles. The molecule has 0 radical (unpaired) electrons. The maximum atomic E-state index is 14.4. The second-order valence-electron chi connectivity index (χ2n) is 11.8. The normalized spacial score (nSPS) is 11.9. The standard InChI is InChI=1S/C19H21F2IN2O3.C18H19F2IN2O3/c1-3-13(25)8-9-27-24-19(26)14-5-6-15(20)17(21)18(14)23-16-7-4-12(22)10-11(16)2;1-10-9-12(21)3-6-15(10)22-17-13(4-5-14(19)16(17)20)18(25)23-26-8-7-11(2)24/h4-7,10,13,23,25H,3,8-9H2,1-2H3,(H,24,26);3-6,9,11,22,24H,7-8H2,1-2H3,(H,23,25). The average molecular weight is 967 g/mol. The quantitative estimate of drug-likeness (QED) is 0.0302. The minimum absolute atomic E-state index is 0.0894. The molecule has 4 aromatic rings. The second kappa shape index (κ2) is 21.4. The summed E-state index contributed by atoms with van der Waals surface area (Å²) in [5.74, 6) is -5.88. The number of benzene rings is 4. The molecule has 0 aliphatic carbocycles. The van der Waals surface area contributed by atoms with Crippen LogP contribution in [0, 0.1) is 44.3 Å². The van der Waals surface area contributed by atoms with Crippen LogP contribution in [0.4, 0.5) is 40.3 Å². The van der Waals surface area contributed by atoms with Crippen LogP contribution >= 0.6 is 45.2 Å². The molecule has 4 aromatic carbocycles. The highest BCUT2D eigenvalue weighted by molar-refractivity contribution is 14.1. The van der Waals surface area contributed by atoms with Gasteiger partial charge in [-0.1, -0.05) is 6.92 Å². The van der Waals surface area contributed by atoms with Crippen molar-refractivity contribution in [2.45, 2.75) is 59.2 Å². The van der Waals surface area contributed by atoms with Gasteiger partial charge in [-0.25, -0.2) is 28.5 Å². The Morgan fingerprint density at radius 3 is 1.49 bits per heavy atom. The fourth-order valence-electron chi connectivity index (χ4n) is 4.50. The average Bonchev–Trinajstić information content (AvgIpc) is 3.11. The number of aliphatic hydroxyl groups is 2. The molecule has 0 aromatic heterocycles. The molecular formula is C37H40F4I2N4O6. The van der Waals surface area contributed by atoms with Gasteiger partial charge in [0.25, 0.3) is 11.8 Å². The summed E-state index contributed by atoms with van der Waals surface area (Å²) in [4.78, 5) is 34.6. The number of carbonyl (C=O) groups excluding carboxylic acids is 2. The number of aliphatic hydroxyl groups excluding tert-OH is 2. The van der Waals surface area contributed by atoms with Gasteiger partial charge >= 0.3 is 0 Å². The van der Waals surface area contributed by atoms with Crippen LogP contribution in [0.2, 0.25) is 0 Å². The highest BCUT2D eigenvalue weighted by Gasteiger charge is 2.21. The van der Waals surface area contributed by atoms with E-state index in [1.54, 1.807) is 19.1 Å². The molecule has 53 heavy (non-hydrogen) atoms. The van der Waals surface area contributed by atoms with E-state index in [2.05, 4.69) is 66.8 Å². The summed E-state index contributed by atoms with van der Waals surface area (Å²) in [6, 6.07) is 15.0. The van der Waals surface area contributed by atoms with Crippen molar-refractivity contribution in [1.82, 2.24) is 11.0 Å². The summed E-state index contributed by atoms with van der Waals surface area (Å²) in [5, 5.41) is 24.2. The molecule has 0 aliphatic rings. The van der Waals surface area contributed by atoms with Crippen molar-refractivity contribution in [2.24, 2.45) is 0 Å². The number of halogens is 6. The molecule has 2 amide bonds. The maximum absolute atomic E-state index is 14.4. The zero-order valence-corrected chi connectivity index (χ0v) is 33.6. The Labute approximate surface area is 332 Å². The van der Waals surface area contributed by atoms with Gasteiger partial charge in [0.1, 0.15) is 0 Å². The Morgan fingerprint density at radius 2 is 1.11 bits per heavy atom. The van der Waals surface area contributed by atoms with Crippen molar-refractivity contribution in [3.05, 3.63) is 113 Å². The van der Waals surface area contributed by atoms with E-state index < -0.39 is 47.3 Å². The van der Waals surface area contributed by atoms with E-state index in [4.69, 9.17) is 14.8 Å². The van der Waals surface area contributed by atoms with Gasteiger partial charge in [0.15, 0.2) is 23.3 Å². The molecule has 2 atom stereocenters. The highest BCUT2D eigenvalue weighted by Crippen LogP contribution is 2.30. The molecule has 10 nitrogen and oxygen atoms in total. The molecule has 0 fully saturated rings.